The molecule has 1 N–H and O–H groups in total. The minimum Gasteiger partial charge on any atom is -0.376 e. The number of para-hydroxylation sites is 1. The van der Waals surface area contributed by atoms with Crippen LogP contribution in [0, 0.1) is 31.4 Å². The molecule has 69 heavy (non-hydrogen) atoms. The Hall–Kier alpha value is -7.66. The molecule has 2 fully saturated rings. The van der Waals surface area contributed by atoms with Crippen LogP contribution < -0.4 is 16.3 Å². The first-order valence-corrected chi connectivity index (χ1v) is 23.2. The van der Waals surface area contributed by atoms with Gasteiger partial charge in [-0.1, -0.05) is 36.3 Å². The van der Waals surface area contributed by atoms with Gasteiger partial charge in [0.25, 0.3) is 5.91 Å². The Kier molecular flexibility index (Phi) is 9.23. The molecular weight excluding hydrogens is 883 g/mol. The van der Waals surface area contributed by atoms with Crippen molar-refractivity contribution in [3.8, 4) is 28.5 Å². The molecule has 3 aliphatic rings. The molecule has 5 aromatic heterocycles. The maximum atomic E-state index is 16.3. The van der Waals surface area contributed by atoms with Gasteiger partial charge in [-0.15, -0.1) is 0 Å². The van der Waals surface area contributed by atoms with Crippen LogP contribution in [0.5, 0.6) is 0 Å². The lowest BCUT2D eigenvalue weighted by atomic mass is 9.83. The number of rotatable bonds is 7. The fourth-order valence-electron chi connectivity index (χ4n) is 11.3. The molecule has 0 spiro atoms. The summed E-state index contributed by atoms with van der Waals surface area (Å²) in [6.07, 6.45) is 6.75. The number of hydrogen-bond acceptors (Lipinski definition) is 8. The van der Waals surface area contributed by atoms with Crippen LogP contribution in [0.4, 0.5) is 14.5 Å². The standard InChI is InChI=1S/C52H48F2N10O5/c1-27-20-34(21-28(2)43(27)53)64-46(61-18-17-60(50(61)67)40-15-14-38-36(44(40)54)26-55-59(38)7)42-30(4)62(39-11-9-8-10-35(39)45(42)57-64)47(65)41-23-33-22-31(32-16-19-68-51(5,6)25-32)12-13-37(33)63(41)52(24-29(52)3)48-56-49(66)69-58-48/h8-15,17-18,20-23,26,29-30,32H,16,19,24-25H2,1-7H3,(H,56,58,66)/t29-,30-,32-,52-/m0/s1. The number of nitrogens with one attached hydrogen (secondary N) is 1. The number of aromatic nitrogens is 9. The number of aryl methyl sites for hydroxylation is 3. The maximum Gasteiger partial charge on any atom is 0.438 e. The molecule has 9 aromatic rings. The molecule has 12 rings (SSSR count). The van der Waals surface area contributed by atoms with Gasteiger partial charge < -0.3 is 9.30 Å². The molecule has 1 aliphatic carbocycles. The van der Waals surface area contributed by atoms with Crippen LogP contribution >= 0.6 is 0 Å². The highest BCUT2D eigenvalue weighted by molar-refractivity contribution is 6.11. The van der Waals surface area contributed by atoms with Gasteiger partial charge in [-0.05, 0) is 131 Å². The quantitative estimate of drug-likeness (QED) is 0.166. The second kappa shape index (κ2) is 14.9. The highest BCUT2D eigenvalue weighted by atomic mass is 19.1. The molecule has 350 valence electrons. The van der Waals surface area contributed by atoms with Crippen LogP contribution in [-0.4, -0.2) is 61.5 Å². The second-order valence-corrected chi connectivity index (χ2v) is 19.6. The molecule has 2 aliphatic heterocycles. The van der Waals surface area contributed by atoms with Gasteiger partial charge in [0.05, 0.1) is 45.8 Å². The number of ether oxygens (including phenoxy) is 1. The predicted molar refractivity (Wildman–Crippen MR) is 255 cm³/mol. The Morgan fingerprint density at radius 3 is 2.35 bits per heavy atom. The SMILES string of the molecule is Cc1cc(-n2nc3c(c2-n2ccn(-c4ccc5c(cnn5C)c4F)c2=O)[C@H](C)N(C(=O)c2cc4cc([C@H]5CCOC(C)(C)C5)ccc4n2[C@@]2(c4noc(=O)[nH]4)C[C@@H]2C)c2ccccc2-3)cc(C)c1F. The summed E-state index contributed by atoms with van der Waals surface area (Å²) in [5.74, 6) is -1.20. The second-order valence-electron chi connectivity index (χ2n) is 19.6. The first-order chi connectivity index (χ1) is 33.1. The highest BCUT2D eigenvalue weighted by Gasteiger charge is 2.59. The summed E-state index contributed by atoms with van der Waals surface area (Å²) in [4.78, 5) is 48.1. The summed E-state index contributed by atoms with van der Waals surface area (Å²) >= 11 is 0. The Morgan fingerprint density at radius 1 is 0.884 bits per heavy atom. The van der Waals surface area contributed by atoms with Crippen LogP contribution in [0.2, 0.25) is 0 Å². The average Bonchev–Trinajstić information content (AvgIpc) is 3.96. The minimum absolute atomic E-state index is 0.0241. The first kappa shape index (κ1) is 42.7. The summed E-state index contributed by atoms with van der Waals surface area (Å²) in [6.45, 7) is 12.1. The minimum atomic E-state index is -0.913. The van der Waals surface area contributed by atoms with E-state index in [0.29, 0.717) is 75.2 Å². The lowest BCUT2D eigenvalue weighted by Crippen LogP contribution is -2.39. The maximum absolute atomic E-state index is 16.3. The van der Waals surface area contributed by atoms with Crippen molar-refractivity contribution in [2.75, 3.05) is 11.5 Å². The summed E-state index contributed by atoms with van der Waals surface area (Å²) in [6, 6.07) is 21.6. The predicted octanol–water partition coefficient (Wildman–Crippen LogP) is 9.07. The van der Waals surface area contributed by atoms with E-state index in [0.717, 1.165) is 29.3 Å². The van der Waals surface area contributed by atoms with Gasteiger partial charge in [0, 0.05) is 48.1 Å². The number of fused-ring (bicyclic) bond motifs is 5. The van der Waals surface area contributed by atoms with Gasteiger partial charge in [-0.2, -0.15) is 10.2 Å². The third-order valence-corrected chi connectivity index (χ3v) is 14.8. The van der Waals surface area contributed by atoms with Gasteiger partial charge in [0.1, 0.15) is 22.7 Å². The molecule has 1 saturated carbocycles. The molecule has 15 nitrogen and oxygen atoms in total. The number of imidazole rings is 1. The fraction of sp³-hybridized carbons (Fsp3) is 0.308. The Morgan fingerprint density at radius 2 is 1.62 bits per heavy atom. The number of aromatic amines is 1. The van der Waals surface area contributed by atoms with Gasteiger partial charge >= 0.3 is 11.4 Å². The number of carbonyl (C=O) groups is 1. The number of halogens is 2. The first-order valence-electron chi connectivity index (χ1n) is 23.2. The van der Waals surface area contributed by atoms with Crippen LogP contribution in [0.1, 0.15) is 97.5 Å². The summed E-state index contributed by atoms with van der Waals surface area (Å²) in [7, 11) is 1.72. The van der Waals surface area contributed by atoms with Crippen molar-refractivity contribution >= 4 is 33.4 Å². The van der Waals surface area contributed by atoms with Crippen LogP contribution in [0.15, 0.2) is 105 Å². The third kappa shape index (κ3) is 6.25. The number of anilines is 1. The van der Waals surface area contributed by atoms with Crippen molar-refractivity contribution in [2.45, 2.75) is 83.9 Å². The van der Waals surface area contributed by atoms with E-state index in [1.165, 1.54) is 21.5 Å². The van der Waals surface area contributed by atoms with E-state index in [4.69, 9.17) is 14.4 Å². The number of H-pyrrole nitrogens is 1. The van der Waals surface area contributed by atoms with Gasteiger partial charge in [0.15, 0.2) is 17.5 Å². The normalized spacial score (nSPS) is 20.7. The van der Waals surface area contributed by atoms with Crippen molar-refractivity contribution in [1.82, 2.24) is 43.4 Å². The largest absolute Gasteiger partial charge is 0.438 e. The molecule has 1 amide bonds. The highest BCUT2D eigenvalue weighted by Crippen LogP contribution is 2.57. The lowest BCUT2D eigenvalue weighted by Gasteiger charge is -2.36. The summed E-state index contributed by atoms with van der Waals surface area (Å²) < 4.78 is 50.6. The van der Waals surface area contributed by atoms with Gasteiger partial charge in [-0.3, -0.25) is 33.0 Å². The topological polar surface area (TPSA) is 156 Å². The zero-order valence-electron chi connectivity index (χ0n) is 39.0. The van der Waals surface area contributed by atoms with Crippen molar-refractivity contribution in [3.63, 3.8) is 0 Å². The van der Waals surface area contributed by atoms with E-state index in [1.54, 1.807) is 65.6 Å². The van der Waals surface area contributed by atoms with Gasteiger partial charge in [0.2, 0.25) is 0 Å². The molecule has 17 heteroatoms. The molecule has 4 atom stereocenters. The molecule has 0 radical (unpaired) electrons. The Bertz CT molecular complexity index is 3730. The van der Waals surface area contributed by atoms with E-state index < -0.39 is 28.8 Å². The van der Waals surface area contributed by atoms with E-state index in [9.17, 15) is 9.59 Å². The Labute approximate surface area is 393 Å². The van der Waals surface area contributed by atoms with Gasteiger partial charge in [-0.25, -0.2) is 23.1 Å². The smallest absolute Gasteiger partial charge is 0.376 e. The van der Waals surface area contributed by atoms with Crippen LogP contribution in [0.25, 0.3) is 50.3 Å². The number of benzene rings is 4. The van der Waals surface area contributed by atoms with E-state index in [2.05, 4.69) is 54.2 Å². The molecule has 7 heterocycles. The Balaban J connectivity index is 1.07. The van der Waals surface area contributed by atoms with E-state index >= 15 is 13.6 Å². The molecular formula is C52H48F2N10O5. The molecule has 4 aromatic carbocycles. The number of nitrogens with zero attached hydrogens (tertiary/aromatic N) is 9. The van der Waals surface area contributed by atoms with E-state index in [-0.39, 0.29) is 40.2 Å². The zero-order valence-corrected chi connectivity index (χ0v) is 39.0. The molecule has 0 unspecified atom stereocenters. The van der Waals surface area contributed by atoms with Crippen molar-refractivity contribution in [1.29, 1.82) is 0 Å². The monoisotopic (exact) mass is 930 g/mol. The van der Waals surface area contributed by atoms with Crippen molar-refractivity contribution in [3.05, 3.63) is 158 Å². The lowest BCUT2D eigenvalue weighted by molar-refractivity contribution is -0.0592. The third-order valence-electron chi connectivity index (χ3n) is 14.8. The number of amides is 1. The number of carbonyl (C=O) groups excluding carboxylic acids is 1. The van der Waals surface area contributed by atoms with Crippen LogP contribution in [0.3, 0.4) is 0 Å². The fourth-order valence-corrected chi connectivity index (χ4v) is 11.3. The summed E-state index contributed by atoms with van der Waals surface area (Å²) in [5, 5.41) is 14.7. The van der Waals surface area contributed by atoms with Crippen LogP contribution in [-0.2, 0) is 17.3 Å². The molecule has 0 bridgehead atoms. The van der Waals surface area contributed by atoms with Crippen molar-refractivity contribution < 1.29 is 22.8 Å². The van der Waals surface area contributed by atoms with E-state index in [1.807, 2.05) is 41.8 Å². The molecule has 1 saturated heterocycles. The number of hydrogen-bond donors (Lipinski definition) is 1. The average molecular weight is 931 g/mol. The zero-order chi connectivity index (χ0) is 48.0. The summed E-state index contributed by atoms with van der Waals surface area (Å²) in [5.41, 5.74) is 4.56. The van der Waals surface area contributed by atoms with Crippen molar-refractivity contribution in [2.24, 2.45) is 13.0 Å².